The number of halogens is 2. The van der Waals surface area contributed by atoms with Crippen LogP contribution in [-0.4, -0.2) is 11.8 Å². The molecule has 1 radical (unpaired) electrons. The molecule has 1 aliphatic rings. The molecule has 4 nitrogen and oxygen atoms in total. The van der Waals surface area contributed by atoms with Crippen LogP contribution >= 0.6 is 0 Å². The van der Waals surface area contributed by atoms with Gasteiger partial charge in [-0.1, -0.05) is 13.8 Å². The third kappa shape index (κ3) is 44.8. The Balaban J connectivity index is -0.0000000433. The molecule has 0 aromatic rings. The summed E-state index contributed by atoms with van der Waals surface area (Å²) in [6.07, 6.45) is 10.9. The quantitative estimate of drug-likeness (QED) is 0.393. The van der Waals surface area contributed by atoms with E-state index in [0.29, 0.717) is 12.8 Å². The van der Waals surface area contributed by atoms with E-state index in [1.165, 1.54) is 0 Å². The first kappa shape index (κ1) is 30.6. The van der Waals surface area contributed by atoms with Gasteiger partial charge in [0.15, 0.2) is 0 Å². The topological polar surface area (TPSA) is 86.2 Å². The summed E-state index contributed by atoms with van der Waals surface area (Å²) >= 11 is 0. The van der Waals surface area contributed by atoms with Gasteiger partial charge in [0.05, 0.1) is 0 Å². The van der Waals surface area contributed by atoms with Gasteiger partial charge in [0, 0.05) is 12.8 Å². The molecular weight excluding hydrogens is 311 g/mol. The van der Waals surface area contributed by atoms with Gasteiger partial charge in [-0.3, -0.25) is 15.7 Å². The summed E-state index contributed by atoms with van der Waals surface area (Å²) in [5.41, 5.74) is 9.31. The second-order valence-corrected chi connectivity index (χ2v) is 2.64. The predicted molar refractivity (Wildman–Crippen MR) is 60.5 cm³/mol. The minimum Gasteiger partial charge on any atom is -1.00 e. The number of carbonyl (C=O) groups is 2. The zero-order valence-electron chi connectivity index (χ0n) is 10.6. The standard InChI is InChI=1S/C5H5.2C3H7NO.2ClH.Ti/c1-2-4-5-3-1;2*1-2-3(4)5;;;/h1-3H,4H2;2*2H2,1H3,(H2,4,5);2*1H;/q-1;;;;;+3/p-2. The Labute approximate surface area is 136 Å². The number of carbonyl (C=O) groups excluding carboxylic acids is 2. The number of hydrogen-bond donors (Lipinski definition) is 2. The number of hydrogen-bond acceptors (Lipinski definition) is 2. The van der Waals surface area contributed by atoms with E-state index in [9.17, 15) is 9.59 Å². The van der Waals surface area contributed by atoms with E-state index in [1.807, 2.05) is 12.2 Å². The molecule has 4 N–H and O–H groups in total. The molecule has 18 heavy (non-hydrogen) atoms. The Morgan fingerprint density at radius 3 is 1.50 bits per heavy atom. The van der Waals surface area contributed by atoms with E-state index in [0.717, 1.165) is 6.42 Å². The molecule has 0 heterocycles. The van der Waals surface area contributed by atoms with E-state index >= 15 is 0 Å². The van der Waals surface area contributed by atoms with Crippen LogP contribution < -0.4 is 36.3 Å². The van der Waals surface area contributed by atoms with Gasteiger partial charge in [0.2, 0.25) is 11.8 Å². The van der Waals surface area contributed by atoms with Crippen molar-refractivity contribution in [2.75, 3.05) is 0 Å². The zero-order chi connectivity index (χ0) is 12.1. The van der Waals surface area contributed by atoms with Crippen LogP contribution in [0.25, 0.3) is 0 Å². The molecule has 0 aromatic heterocycles. The first-order valence-corrected chi connectivity index (χ1v) is 4.82. The predicted octanol–water partition coefficient (Wildman–Crippen LogP) is -4.93. The Morgan fingerprint density at radius 1 is 1.11 bits per heavy atom. The number of allylic oxidation sites excluding steroid dienone is 4. The molecule has 0 aliphatic heterocycles. The number of primary amides is 2. The first-order valence-electron chi connectivity index (χ1n) is 4.82. The van der Waals surface area contributed by atoms with Crippen molar-refractivity contribution >= 4 is 11.8 Å². The molecule has 0 bridgehead atoms. The van der Waals surface area contributed by atoms with Crippen LogP contribution in [0.4, 0.5) is 0 Å². The number of nitrogens with two attached hydrogens (primary N) is 2. The molecule has 0 fully saturated rings. The van der Waals surface area contributed by atoms with Gasteiger partial charge in [-0.25, -0.2) is 12.2 Å². The van der Waals surface area contributed by atoms with E-state index in [-0.39, 0.29) is 58.3 Å². The molecule has 0 spiro atoms. The SMILES string of the molecule is CCC(N)=O.CCC(N)=O.[C-]1=CC=CC1.[Cl-].[Cl-].[Ti+3]. The van der Waals surface area contributed by atoms with E-state index in [1.54, 1.807) is 13.8 Å². The molecular formula is C11H19Cl2N2O2Ti. The Hall–Kier alpha value is -0.286. The summed E-state index contributed by atoms with van der Waals surface area (Å²) < 4.78 is 0. The van der Waals surface area contributed by atoms with Crippen LogP contribution in [0.3, 0.4) is 0 Å². The van der Waals surface area contributed by atoms with Crippen molar-refractivity contribution in [2.45, 2.75) is 33.1 Å². The molecule has 103 valence electrons. The molecule has 1 aliphatic carbocycles. The minimum absolute atomic E-state index is 0. The van der Waals surface area contributed by atoms with Crippen molar-refractivity contribution in [3.63, 3.8) is 0 Å². The molecule has 2 amide bonds. The Bertz CT molecular complexity index is 223. The second-order valence-electron chi connectivity index (χ2n) is 2.64. The van der Waals surface area contributed by atoms with Crippen LogP contribution in [0.5, 0.6) is 0 Å². The van der Waals surface area contributed by atoms with Gasteiger partial charge in [-0.15, -0.1) is 6.42 Å². The monoisotopic (exact) mass is 329 g/mol. The van der Waals surface area contributed by atoms with Gasteiger partial charge in [-0.05, 0) is 0 Å². The Morgan fingerprint density at radius 2 is 1.44 bits per heavy atom. The summed E-state index contributed by atoms with van der Waals surface area (Å²) in [6.45, 7) is 3.45. The van der Waals surface area contributed by atoms with Crippen LogP contribution in [0.2, 0.25) is 0 Å². The average molecular weight is 330 g/mol. The van der Waals surface area contributed by atoms with Crippen LogP contribution in [0.1, 0.15) is 33.1 Å². The van der Waals surface area contributed by atoms with Crippen molar-refractivity contribution < 1.29 is 56.1 Å². The summed E-state index contributed by atoms with van der Waals surface area (Å²) in [5.74, 6) is -0.491. The van der Waals surface area contributed by atoms with Gasteiger partial charge in [0.25, 0.3) is 0 Å². The molecule has 1 rings (SSSR count). The average Bonchev–Trinajstić information content (AvgIpc) is 2.76. The normalized spacial score (nSPS) is 9.00. The van der Waals surface area contributed by atoms with E-state index < -0.39 is 0 Å². The fourth-order valence-corrected chi connectivity index (χ4v) is 0.340. The third-order valence-electron chi connectivity index (χ3n) is 1.28. The summed E-state index contributed by atoms with van der Waals surface area (Å²) in [7, 11) is 0. The summed E-state index contributed by atoms with van der Waals surface area (Å²) in [6, 6.07) is 0. The summed E-state index contributed by atoms with van der Waals surface area (Å²) in [4.78, 5) is 19.2. The second kappa shape index (κ2) is 25.5. The maximum Gasteiger partial charge on any atom is 3.00 e. The van der Waals surface area contributed by atoms with Crippen LogP contribution in [0, 0.1) is 6.08 Å². The van der Waals surface area contributed by atoms with Gasteiger partial charge >= 0.3 is 21.7 Å². The van der Waals surface area contributed by atoms with Crippen molar-refractivity contribution in [3.8, 4) is 0 Å². The fraction of sp³-hybridized carbons (Fsp3) is 0.455. The third-order valence-corrected chi connectivity index (χ3v) is 1.28. The van der Waals surface area contributed by atoms with Crippen molar-refractivity contribution in [1.29, 1.82) is 0 Å². The summed E-state index contributed by atoms with van der Waals surface area (Å²) in [5, 5.41) is 0. The van der Waals surface area contributed by atoms with E-state index in [4.69, 9.17) is 0 Å². The maximum atomic E-state index is 9.59. The largest absolute Gasteiger partial charge is 3.00 e. The molecule has 0 saturated heterocycles. The first-order chi connectivity index (χ1) is 7.04. The number of amides is 2. The van der Waals surface area contributed by atoms with E-state index in [2.05, 4.69) is 23.6 Å². The minimum atomic E-state index is -0.245. The smallest absolute Gasteiger partial charge is 1.00 e. The van der Waals surface area contributed by atoms with Gasteiger partial charge in [0.1, 0.15) is 0 Å². The van der Waals surface area contributed by atoms with Crippen LogP contribution in [0.15, 0.2) is 18.2 Å². The molecule has 0 atom stereocenters. The van der Waals surface area contributed by atoms with Gasteiger partial charge in [-0.2, -0.15) is 6.08 Å². The molecule has 0 saturated carbocycles. The Kier molecular flexibility index (Phi) is 43.4. The van der Waals surface area contributed by atoms with Crippen molar-refractivity contribution in [3.05, 3.63) is 24.3 Å². The fourth-order valence-electron chi connectivity index (χ4n) is 0.340. The zero-order valence-corrected chi connectivity index (χ0v) is 13.7. The van der Waals surface area contributed by atoms with Crippen molar-refractivity contribution in [1.82, 2.24) is 0 Å². The van der Waals surface area contributed by atoms with Gasteiger partial charge < -0.3 is 36.3 Å². The molecule has 0 unspecified atom stereocenters. The van der Waals surface area contributed by atoms with Crippen molar-refractivity contribution in [2.24, 2.45) is 11.5 Å². The number of rotatable bonds is 2. The maximum absolute atomic E-state index is 9.59. The van der Waals surface area contributed by atoms with Crippen LogP contribution in [-0.2, 0) is 31.3 Å². The molecule has 0 aromatic carbocycles. The molecule has 7 heteroatoms.